The third kappa shape index (κ3) is 3.37. The molecule has 0 aliphatic carbocycles. The highest BCUT2D eigenvalue weighted by Gasteiger charge is 2.06. The Morgan fingerprint density at radius 3 is 2.95 bits per heavy atom. The van der Waals surface area contributed by atoms with Gasteiger partial charge in [-0.05, 0) is 29.8 Å². The zero-order valence-electron chi connectivity index (χ0n) is 10.7. The molecule has 6 nitrogen and oxygen atoms in total. The second-order valence-corrected chi connectivity index (χ2v) is 4.87. The summed E-state index contributed by atoms with van der Waals surface area (Å²) in [4.78, 5) is 24.5. The molecule has 0 aromatic carbocycles. The van der Waals surface area contributed by atoms with Gasteiger partial charge in [0.25, 0.3) is 5.56 Å². The van der Waals surface area contributed by atoms with Crippen LogP contribution in [0.1, 0.15) is 18.4 Å². The van der Waals surface area contributed by atoms with E-state index in [0.29, 0.717) is 16.8 Å². The number of rotatable bonds is 4. The first-order valence-electron chi connectivity index (χ1n) is 5.88. The van der Waals surface area contributed by atoms with Crippen molar-refractivity contribution in [2.24, 2.45) is 0 Å². The van der Waals surface area contributed by atoms with Gasteiger partial charge in [0, 0.05) is 24.5 Å². The van der Waals surface area contributed by atoms with Gasteiger partial charge in [-0.25, -0.2) is 15.0 Å². The van der Waals surface area contributed by atoms with E-state index < -0.39 is 0 Å². The fraction of sp³-hybridized carbons (Fsp3) is 0.333. The summed E-state index contributed by atoms with van der Waals surface area (Å²) in [5.74, 6) is 1.35. The van der Waals surface area contributed by atoms with Crippen molar-refractivity contribution < 1.29 is 0 Å². The van der Waals surface area contributed by atoms with Crippen LogP contribution in [0.3, 0.4) is 0 Å². The van der Waals surface area contributed by atoms with Crippen LogP contribution in [0.25, 0.3) is 0 Å². The van der Waals surface area contributed by atoms with E-state index in [4.69, 9.17) is 0 Å². The lowest BCUT2D eigenvalue weighted by molar-refractivity contribution is 0.690. The molecule has 2 aromatic rings. The van der Waals surface area contributed by atoms with Crippen LogP contribution < -0.4 is 10.9 Å². The predicted octanol–water partition coefficient (Wildman–Crippen LogP) is 1.58. The maximum Gasteiger partial charge on any atom is 0.268 e. The quantitative estimate of drug-likeness (QED) is 0.924. The molecule has 0 radical (unpaired) electrons. The topological polar surface area (TPSA) is 72.7 Å². The highest BCUT2D eigenvalue weighted by Crippen LogP contribution is 2.07. The highest BCUT2D eigenvalue weighted by molar-refractivity contribution is 9.10. The molecule has 7 heteroatoms. The second-order valence-electron chi connectivity index (χ2n) is 4.02. The Morgan fingerprint density at radius 1 is 1.42 bits per heavy atom. The number of hydrogen-bond acceptors (Lipinski definition) is 5. The van der Waals surface area contributed by atoms with E-state index in [0.717, 1.165) is 18.1 Å². The number of aromatic nitrogens is 4. The molecule has 0 spiro atoms. The maximum atomic E-state index is 11.9. The highest BCUT2D eigenvalue weighted by atomic mass is 79.9. The summed E-state index contributed by atoms with van der Waals surface area (Å²) >= 11 is 3.16. The Balaban J connectivity index is 2.32. The summed E-state index contributed by atoms with van der Waals surface area (Å²) in [6.45, 7) is 4.98. The molecule has 0 saturated heterocycles. The van der Waals surface area contributed by atoms with E-state index in [2.05, 4.69) is 36.2 Å². The zero-order chi connectivity index (χ0) is 13.8. The molecule has 0 aliphatic rings. The van der Waals surface area contributed by atoms with Crippen molar-refractivity contribution in [3.8, 4) is 0 Å². The average Bonchev–Trinajstić information content (AvgIpc) is 2.35. The SMILES string of the molecule is CCNc1cc(C)nc(Cn2cncc(Br)c2=O)n1. The van der Waals surface area contributed by atoms with Crippen molar-refractivity contribution in [3.63, 3.8) is 0 Å². The van der Waals surface area contributed by atoms with Crippen molar-refractivity contribution in [1.82, 2.24) is 19.5 Å². The minimum absolute atomic E-state index is 0.148. The van der Waals surface area contributed by atoms with Crippen LogP contribution in [0, 0.1) is 6.92 Å². The summed E-state index contributed by atoms with van der Waals surface area (Å²) in [5, 5.41) is 3.14. The van der Waals surface area contributed by atoms with Crippen LogP contribution in [0.15, 0.2) is 27.9 Å². The summed E-state index contributed by atoms with van der Waals surface area (Å²) < 4.78 is 1.89. The molecule has 2 heterocycles. The van der Waals surface area contributed by atoms with Crippen LogP contribution in [-0.4, -0.2) is 26.1 Å². The van der Waals surface area contributed by atoms with Crippen molar-refractivity contribution in [2.75, 3.05) is 11.9 Å². The molecular formula is C12H14BrN5O. The van der Waals surface area contributed by atoms with Crippen LogP contribution in [0.4, 0.5) is 5.82 Å². The molecule has 19 heavy (non-hydrogen) atoms. The van der Waals surface area contributed by atoms with Gasteiger partial charge < -0.3 is 5.32 Å². The first-order valence-corrected chi connectivity index (χ1v) is 6.68. The first kappa shape index (κ1) is 13.7. The van der Waals surface area contributed by atoms with E-state index in [1.165, 1.54) is 17.1 Å². The van der Waals surface area contributed by atoms with E-state index in [-0.39, 0.29) is 5.56 Å². The van der Waals surface area contributed by atoms with E-state index in [9.17, 15) is 4.79 Å². The molecule has 0 atom stereocenters. The van der Waals surface area contributed by atoms with Gasteiger partial charge in [-0.1, -0.05) is 0 Å². The van der Waals surface area contributed by atoms with E-state index >= 15 is 0 Å². The van der Waals surface area contributed by atoms with Crippen molar-refractivity contribution in [1.29, 1.82) is 0 Å². The molecule has 0 aliphatic heterocycles. The zero-order valence-corrected chi connectivity index (χ0v) is 12.3. The summed E-state index contributed by atoms with van der Waals surface area (Å²) in [6.07, 6.45) is 2.95. The third-order valence-corrected chi connectivity index (χ3v) is 2.97. The average molecular weight is 324 g/mol. The molecule has 0 bridgehead atoms. The fourth-order valence-corrected chi connectivity index (χ4v) is 2.01. The summed E-state index contributed by atoms with van der Waals surface area (Å²) in [6, 6.07) is 1.87. The molecule has 100 valence electrons. The largest absolute Gasteiger partial charge is 0.370 e. The molecule has 0 saturated carbocycles. The van der Waals surface area contributed by atoms with Crippen LogP contribution in [0.5, 0.6) is 0 Å². The van der Waals surface area contributed by atoms with Gasteiger partial charge in [-0.2, -0.15) is 0 Å². The summed E-state index contributed by atoms with van der Waals surface area (Å²) in [7, 11) is 0. The number of halogens is 1. The van der Waals surface area contributed by atoms with Crippen molar-refractivity contribution >= 4 is 21.7 Å². The van der Waals surface area contributed by atoms with Crippen LogP contribution in [-0.2, 0) is 6.54 Å². The Morgan fingerprint density at radius 2 is 2.21 bits per heavy atom. The van der Waals surface area contributed by atoms with Gasteiger partial charge in [0.1, 0.15) is 10.3 Å². The fourth-order valence-electron chi connectivity index (χ4n) is 1.66. The molecule has 2 aromatic heterocycles. The summed E-state index contributed by atoms with van der Waals surface area (Å²) in [5.41, 5.74) is 0.710. The molecule has 2 rings (SSSR count). The van der Waals surface area contributed by atoms with Gasteiger partial charge in [0.15, 0.2) is 5.82 Å². The standard InChI is InChI=1S/C12H14BrN5O/c1-3-15-10-4-8(2)16-11(17-10)6-18-7-14-5-9(13)12(18)19/h4-5,7H,3,6H2,1-2H3,(H,15,16,17). The van der Waals surface area contributed by atoms with Gasteiger partial charge in [0.05, 0.1) is 12.9 Å². The lowest BCUT2D eigenvalue weighted by atomic mass is 10.4. The first-order chi connectivity index (χ1) is 9.10. The molecule has 1 N–H and O–H groups in total. The molecule has 0 amide bonds. The minimum Gasteiger partial charge on any atom is -0.370 e. The van der Waals surface area contributed by atoms with Crippen LogP contribution in [0.2, 0.25) is 0 Å². The Hall–Kier alpha value is -1.76. The van der Waals surface area contributed by atoms with E-state index in [1.807, 2.05) is 19.9 Å². The Kier molecular flexibility index (Phi) is 4.26. The van der Waals surface area contributed by atoms with E-state index in [1.54, 1.807) is 0 Å². The second kappa shape index (κ2) is 5.92. The Bertz CT molecular complexity index is 640. The van der Waals surface area contributed by atoms with Crippen molar-refractivity contribution in [3.05, 3.63) is 44.9 Å². The maximum absolute atomic E-state index is 11.9. The van der Waals surface area contributed by atoms with Gasteiger partial charge in [0.2, 0.25) is 0 Å². The number of anilines is 1. The van der Waals surface area contributed by atoms with Gasteiger partial charge >= 0.3 is 0 Å². The lowest BCUT2D eigenvalue weighted by Crippen LogP contribution is -2.22. The number of nitrogens with zero attached hydrogens (tertiary/aromatic N) is 4. The Labute approximate surface area is 119 Å². The minimum atomic E-state index is -0.148. The molecular weight excluding hydrogens is 310 g/mol. The third-order valence-electron chi connectivity index (χ3n) is 2.43. The van der Waals surface area contributed by atoms with Gasteiger partial charge in [-0.3, -0.25) is 9.36 Å². The van der Waals surface area contributed by atoms with Crippen LogP contribution >= 0.6 is 15.9 Å². The number of hydrogen-bond donors (Lipinski definition) is 1. The van der Waals surface area contributed by atoms with Crippen molar-refractivity contribution in [2.45, 2.75) is 20.4 Å². The molecule has 0 fully saturated rings. The normalized spacial score (nSPS) is 10.5. The number of nitrogens with one attached hydrogen (secondary N) is 1. The lowest BCUT2D eigenvalue weighted by Gasteiger charge is -2.08. The predicted molar refractivity (Wildman–Crippen MR) is 76.2 cm³/mol. The molecule has 0 unspecified atom stereocenters. The smallest absolute Gasteiger partial charge is 0.268 e. The van der Waals surface area contributed by atoms with Gasteiger partial charge in [-0.15, -0.1) is 0 Å². The number of aryl methyl sites for hydroxylation is 1. The monoisotopic (exact) mass is 323 g/mol.